The molecule has 5 heteroatoms. The second kappa shape index (κ2) is 5.11. The van der Waals surface area contributed by atoms with Gasteiger partial charge in [-0.3, -0.25) is 9.59 Å². The van der Waals surface area contributed by atoms with E-state index in [9.17, 15) is 19.5 Å². The minimum absolute atomic E-state index is 0.0237. The quantitative estimate of drug-likeness (QED) is 0.457. The molecule has 2 spiro atoms. The Morgan fingerprint density at radius 2 is 2.00 bits per heavy atom. The fourth-order valence-corrected chi connectivity index (χ4v) is 8.46. The maximum atomic E-state index is 13.9. The zero-order valence-electron chi connectivity index (χ0n) is 16.1. The smallest absolute Gasteiger partial charge is 0.302 e. The third kappa shape index (κ3) is 1.70. The lowest BCUT2D eigenvalue weighted by atomic mass is 9.39. The molecule has 0 heterocycles. The Hall–Kier alpha value is -1.49. The topological polar surface area (TPSA) is 80.7 Å². The molecule has 9 unspecified atom stereocenters. The minimum atomic E-state index is -0.807. The van der Waals surface area contributed by atoms with Crippen molar-refractivity contribution < 1.29 is 24.2 Å². The highest BCUT2D eigenvalue weighted by Gasteiger charge is 2.82. The summed E-state index contributed by atoms with van der Waals surface area (Å²) in [5, 5.41) is 11.3. The number of ketones is 1. The molecule has 6 fully saturated rings. The summed E-state index contributed by atoms with van der Waals surface area (Å²) in [7, 11) is 0. The maximum absolute atomic E-state index is 13.9. The highest BCUT2D eigenvalue weighted by molar-refractivity contribution is 5.94. The van der Waals surface area contributed by atoms with Crippen LogP contribution in [0, 0.1) is 39.9 Å². The molecule has 0 amide bonds. The van der Waals surface area contributed by atoms with Crippen molar-refractivity contribution in [3.63, 3.8) is 0 Å². The predicted molar refractivity (Wildman–Crippen MR) is 96.4 cm³/mol. The molecule has 5 bridgehead atoms. The van der Waals surface area contributed by atoms with Crippen LogP contribution >= 0.6 is 0 Å². The van der Waals surface area contributed by atoms with Crippen LogP contribution in [-0.2, 0) is 19.1 Å². The fraction of sp³-hybridized carbons (Fsp3) is 0.773. The van der Waals surface area contributed by atoms with Crippen LogP contribution in [0.2, 0.25) is 0 Å². The van der Waals surface area contributed by atoms with E-state index in [-0.39, 0.29) is 35.4 Å². The van der Waals surface area contributed by atoms with Gasteiger partial charge in [0.15, 0.2) is 0 Å². The first-order valence-electron chi connectivity index (χ1n) is 10.3. The lowest BCUT2D eigenvalue weighted by molar-refractivity contribution is -0.231. The molecule has 0 radical (unpaired) electrons. The van der Waals surface area contributed by atoms with Crippen LogP contribution in [0.25, 0.3) is 0 Å². The van der Waals surface area contributed by atoms with E-state index in [1.165, 1.54) is 6.92 Å². The molecule has 0 aromatic carbocycles. The fourth-order valence-electron chi connectivity index (χ4n) is 8.46. The number of ether oxygens (including phenoxy) is 1. The van der Waals surface area contributed by atoms with Crippen LogP contribution in [0.15, 0.2) is 12.2 Å². The Morgan fingerprint density at radius 1 is 1.26 bits per heavy atom. The molecule has 9 atom stereocenters. The Morgan fingerprint density at radius 3 is 2.67 bits per heavy atom. The predicted octanol–water partition coefficient (Wildman–Crippen LogP) is 2.46. The highest BCUT2D eigenvalue weighted by atomic mass is 16.5. The normalized spacial score (nSPS) is 55.2. The number of hydrogen-bond donors (Lipinski definition) is 1. The average Bonchev–Trinajstić information content (AvgIpc) is 2.72. The van der Waals surface area contributed by atoms with E-state index in [1.807, 2.05) is 6.92 Å². The van der Waals surface area contributed by atoms with Gasteiger partial charge < -0.3 is 14.6 Å². The number of aldehydes is 1. The molecule has 5 nitrogen and oxygen atoms in total. The number of esters is 1. The van der Waals surface area contributed by atoms with Crippen molar-refractivity contribution in [1.82, 2.24) is 0 Å². The molecule has 1 N–H and O–H groups in total. The number of carbonyl (C=O) groups excluding carboxylic acids is 3. The number of aliphatic hydroxyl groups is 1. The number of fused-ring (bicyclic) bond motifs is 1. The molecule has 6 aliphatic rings. The first-order chi connectivity index (χ1) is 12.7. The third-order valence-electron chi connectivity index (χ3n) is 9.30. The van der Waals surface area contributed by atoms with Gasteiger partial charge in [0.25, 0.3) is 0 Å². The molecule has 146 valence electrons. The number of rotatable bonds is 2. The summed E-state index contributed by atoms with van der Waals surface area (Å²) >= 11 is 0. The zero-order valence-corrected chi connectivity index (χ0v) is 16.1. The highest BCUT2D eigenvalue weighted by Crippen LogP contribution is 2.79. The van der Waals surface area contributed by atoms with Gasteiger partial charge in [-0.1, -0.05) is 19.9 Å². The molecule has 0 saturated heterocycles. The summed E-state index contributed by atoms with van der Waals surface area (Å²) in [5.74, 6) is -0.429. The van der Waals surface area contributed by atoms with Crippen molar-refractivity contribution in [2.45, 2.75) is 64.6 Å². The van der Waals surface area contributed by atoms with Gasteiger partial charge in [0.05, 0.1) is 11.5 Å². The summed E-state index contributed by atoms with van der Waals surface area (Å²) in [6.07, 6.45) is 4.13. The van der Waals surface area contributed by atoms with Crippen molar-refractivity contribution in [3.8, 4) is 0 Å². The Labute approximate surface area is 159 Å². The second-order valence-electron chi connectivity index (χ2n) is 10.0. The summed E-state index contributed by atoms with van der Waals surface area (Å²) in [6, 6.07) is 0. The molecule has 6 saturated carbocycles. The second-order valence-corrected chi connectivity index (χ2v) is 10.0. The largest absolute Gasteiger partial charge is 0.462 e. The lowest BCUT2D eigenvalue weighted by Gasteiger charge is -2.65. The first kappa shape index (κ1) is 17.6. The third-order valence-corrected chi connectivity index (χ3v) is 9.30. The van der Waals surface area contributed by atoms with Gasteiger partial charge in [0, 0.05) is 23.7 Å². The molecular formula is C22H28O5. The summed E-state index contributed by atoms with van der Waals surface area (Å²) in [5.41, 5.74) is -1.07. The SMILES string of the molecule is C=C1C2CC3C(=O)C45CCCC(C)(C=O)C4CC(OC(C)=O)C3(C1O)C5C2. The van der Waals surface area contributed by atoms with E-state index in [1.54, 1.807) is 0 Å². The van der Waals surface area contributed by atoms with Crippen LogP contribution in [0.3, 0.4) is 0 Å². The minimum Gasteiger partial charge on any atom is -0.462 e. The van der Waals surface area contributed by atoms with Crippen LogP contribution in [0.1, 0.15) is 52.4 Å². The van der Waals surface area contributed by atoms with Crippen molar-refractivity contribution in [2.75, 3.05) is 0 Å². The van der Waals surface area contributed by atoms with Gasteiger partial charge in [-0.05, 0) is 55.4 Å². The van der Waals surface area contributed by atoms with Crippen molar-refractivity contribution in [1.29, 1.82) is 0 Å². The number of carbonyl (C=O) groups is 3. The van der Waals surface area contributed by atoms with Gasteiger partial charge in [0.1, 0.15) is 18.2 Å². The van der Waals surface area contributed by atoms with Crippen LogP contribution in [0.4, 0.5) is 0 Å². The molecule has 0 aliphatic heterocycles. The van der Waals surface area contributed by atoms with Gasteiger partial charge in [-0.25, -0.2) is 0 Å². The van der Waals surface area contributed by atoms with E-state index in [0.29, 0.717) is 12.8 Å². The van der Waals surface area contributed by atoms with Gasteiger partial charge in [-0.2, -0.15) is 0 Å². The van der Waals surface area contributed by atoms with Crippen molar-refractivity contribution in [2.24, 2.45) is 39.9 Å². The molecule has 0 aromatic heterocycles. The zero-order chi connectivity index (χ0) is 19.4. The van der Waals surface area contributed by atoms with E-state index in [4.69, 9.17) is 4.74 Å². The number of aliphatic hydroxyl groups excluding tert-OH is 1. The summed E-state index contributed by atoms with van der Waals surface area (Å²) in [4.78, 5) is 38.0. The first-order valence-corrected chi connectivity index (χ1v) is 10.3. The monoisotopic (exact) mass is 372 g/mol. The van der Waals surface area contributed by atoms with E-state index >= 15 is 0 Å². The number of hydrogen-bond acceptors (Lipinski definition) is 5. The number of Topliss-reactive ketones (excluding diaryl/α,β-unsaturated/α-hetero) is 1. The summed E-state index contributed by atoms with van der Waals surface area (Å²) < 4.78 is 5.82. The average molecular weight is 372 g/mol. The van der Waals surface area contributed by atoms with Crippen LogP contribution < -0.4 is 0 Å². The van der Waals surface area contributed by atoms with Crippen LogP contribution in [0.5, 0.6) is 0 Å². The van der Waals surface area contributed by atoms with E-state index in [0.717, 1.165) is 37.5 Å². The molecule has 27 heavy (non-hydrogen) atoms. The van der Waals surface area contributed by atoms with E-state index in [2.05, 4.69) is 6.58 Å². The van der Waals surface area contributed by atoms with Gasteiger partial charge in [-0.15, -0.1) is 0 Å². The van der Waals surface area contributed by atoms with Gasteiger partial charge >= 0.3 is 5.97 Å². The van der Waals surface area contributed by atoms with E-state index < -0.39 is 28.5 Å². The Bertz CT molecular complexity index is 773. The molecule has 0 aromatic rings. The Kier molecular flexibility index (Phi) is 3.33. The molecule has 6 rings (SSSR count). The maximum Gasteiger partial charge on any atom is 0.302 e. The van der Waals surface area contributed by atoms with Crippen molar-refractivity contribution >= 4 is 18.0 Å². The molecular weight excluding hydrogens is 344 g/mol. The standard InChI is InChI=1S/C22H28O5/c1-11-13-7-14-19(26)21-6-4-5-20(3,10-23)15(21)9-17(27-12(2)24)22(14,18(11)25)16(21)8-13/h10,13-18,25H,1,4-9H2,2-3H3. The lowest BCUT2D eigenvalue weighted by Crippen LogP contribution is -2.67. The van der Waals surface area contributed by atoms with Gasteiger partial charge in [0.2, 0.25) is 0 Å². The Balaban J connectivity index is 1.75. The van der Waals surface area contributed by atoms with Crippen LogP contribution in [-0.4, -0.2) is 35.4 Å². The van der Waals surface area contributed by atoms with Crippen molar-refractivity contribution in [3.05, 3.63) is 12.2 Å². The summed E-state index contributed by atoms with van der Waals surface area (Å²) in [6.45, 7) is 7.50. The molecule has 6 aliphatic carbocycles.